The number of para-hydroxylation sites is 1. The van der Waals surface area contributed by atoms with Gasteiger partial charge in [0, 0.05) is 55.0 Å². The van der Waals surface area contributed by atoms with Crippen LogP contribution in [0.3, 0.4) is 0 Å². The van der Waals surface area contributed by atoms with Gasteiger partial charge in [0.1, 0.15) is 35.5 Å². The lowest BCUT2D eigenvalue weighted by Gasteiger charge is -2.13. The second-order valence-corrected chi connectivity index (χ2v) is 9.36. The fraction of sp³-hybridized carbons (Fsp3) is 0.241. The van der Waals surface area contributed by atoms with Crippen molar-refractivity contribution < 1.29 is 23.0 Å². The van der Waals surface area contributed by atoms with Crippen LogP contribution in [0, 0.1) is 11.6 Å². The van der Waals surface area contributed by atoms with Crippen molar-refractivity contribution in [3.05, 3.63) is 83.3 Å². The third-order valence-electron chi connectivity index (χ3n) is 6.79. The number of nitrogens with one attached hydrogen (secondary N) is 2. The largest absolute Gasteiger partial charge is 0.493 e. The summed E-state index contributed by atoms with van der Waals surface area (Å²) in [5.41, 5.74) is 3.54. The van der Waals surface area contributed by atoms with Crippen molar-refractivity contribution in [2.24, 2.45) is 0 Å². The fourth-order valence-corrected chi connectivity index (χ4v) is 4.77. The zero-order valence-electron chi connectivity index (χ0n) is 22.4. The summed E-state index contributed by atoms with van der Waals surface area (Å²) in [6.45, 7) is 1.53. The predicted molar refractivity (Wildman–Crippen MR) is 148 cm³/mol. The van der Waals surface area contributed by atoms with Crippen LogP contribution in [0.2, 0.25) is 0 Å². The molecule has 0 bridgehead atoms. The molecule has 0 unspecified atom stereocenters. The molecule has 0 spiro atoms. The maximum absolute atomic E-state index is 15.1. The number of hydrogen-bond donors (Lipinski definition) is 2. The second-order valence-electron chi connectivity index (χ2n) is 9.36. The molecule has 1 aliphatic heterocycles. The monoisotopic (exact) mass is 559 g/mol. The number of nitrogens with zero attached hydrogens (tertiary/aromatic N) is 5. The number of fused-ring (bicyclic) bond motifs is 2. The minimum absolute atomic E-state index is 0.0952. The molecule has 12 heteroatoms. The molecule has 0 fully saturated rings. The van der Waals surface area contributed by atoms with Crippen LogP contribution >= 0.6 is 0 Å². The molecule has 2 N–H and O–H groups in total. The van der Waals surface area contributed by atoms with Gasteiger partial charge in [0.05, 0.1) is 43.4 Å². The number of pyridine rings is 1. The average molecular weight is 560 g/mol. The van der Waals surface area contributed by atoms with Gasteiger partial charge in [-0.3, -0.25) is 9.67 Å². The highest BCUT2D eigenvalue weighted by Gasteiger charge is 2.24. The minimum Gasteiger partial charge on any atom is -0.493 e. The summed E-state index contributed by atoms with van der Waals surface area (Å²) in [6, 6.07) is 11.6. The molecule has 6 rings (SSSR count). The topological polar surface area (TPSA) is 108 Å². The summed E-state index contributed by atoms with van der Waals surface area (Å²) in [5, 5.41) is 12.2. The van der Waals surface area contributed by atoms with Gasteiger partial charge in [0.15, 0.2) is 11.6 Å². The van der Waals surface area contributed by atoms with E-state index in [4.69, 9.17) is 29.3 Å². The van der Waals surface area contributed by atoms with Crippen molar-refractivity contribution in [1.82, 2.24) is 30.0 Å². The van der Waals surface area contributed by atoms with Gasteiger partial charge in [0.25, 0.3) is 0 Å². The summed E-state index contributed by atoms with van der Waals surface area (Å²) in [5.74, 6) is 0.214. The molecule has 1 aliphatic rings. The fourth-order valence-electron chi connectivity index (χ4n) is 4.77. The average Bonchev–Trinajstić information content (AvgIpc) is 3.60. The number of hydrogen-bond acceptors (Lipinski definition) is 9. The Labute approximate surface area is 234 Å². The molecule has 210 valence electrons. The van der Waals surface area contributed by atoms with Crippen molar-refractivity contribution in [3.8, 4) is 23.0 Å². The van der Waals surface area contributed by atoms with Gasteiger partial charge in [-0.2, -0.15) is 5.10 Å². The highest BCUT2D eigenvalue weighted by molar-refractivity contribution is 5.92. The summed E-state index contributed by atoms with van der Waals surface area (Å²) in [7, 11) is 3.10. The number of benzene rings is 2. The van der Waals surface area contributed by atoms with Crippen LogP contribution in [0.4, 0.5) is 20.3 Å². The first kappa shape index (κ1) is 26.5. The molecular formula is C29H27F2N7O3. The maximum Gasteiger partial charge on any atom is 0.183 e. The van der Waals surface area contributed by atoms with E-state index in [-0.39, 0.29) is 24.5 Å². The van der Waals surface area contributed by atoms with Crippen LogP contribution in [-0.4, -0.2) is 52.2 Å². The Morgan fingerprint density at radius 1 is 1.02 bits per heavy atom. The van der Waals surface area contributed by atoms with E-state index in [1.54, 1.807) is 30.3 Å². The van der Waals surface area contributed by atoms with Crippen LogP contribution in [0.15, 0.2) is 54.9 Å². The molecule has 0 saturated heterocycles. The molecule has 3 aromatic heterocycles. The molecule has 41 heavy (non-hydrogen) atoms. The van der Waals surface area contributed by atoms with Crippen LogP contribution in [-0.2, 0) is 24.4 Å². The van der Waals surface area contributed by atoms with E-state index in [0.29, 0.717) is 54.0 Å². The van der Waals surface area contributed by atoms with E-state index >= 15 is 8.78 Å². The quantitative estimate of drug-likeness (QED) is 0.238. The molecule has 0 saturated carbocycles. The Hall–Kier alpha value is -4.68. The summed E-state index contributed by atoms with van der Waals surface area (Å²) in [6.07, 6.45) is 3.28. The summed E-state index contributed by atoms with van der Waals surface area (Å²) >= 11 is 0. The summed E-state index contributed by atoms with van der Waals surface area (Å²) in [4.78, 5) is 13.8. The third kappa shape index (κ3) is 5.26. The van der Waals surface area contributed by atoms with E-state index in [1.165, 1.54) is 19.2 Å². The molecule has 5 aromatic rings. The van der Waals surface area contributed by atoms with E-state index in [2.05, 4.69) is 15.6 Å². The maximum atomic E-state index is 15.1. The lowest BCUT2D eigenvalue weighted by Crippen LogP contribution is -2.09. The third-order valence-corrected chi connectivity index (χ3v) is 6.79. The Bertz CT molecular complexity index is 1700. The molecular weight excluding hydrogens is 532 g/mol. The van der Waals surface area contributed by atoms with Gasteiger partial charge in [0.2, 0.25) is 0 Å². The normalized spacial score (nSPS) is 12.5. The van der Waals surface area contributed by atoms with Crippen LogP contribution < -0.4 is 20.1 Å². The van der Waals surface area contributed by atoms with Crippen LogP contribution in [0.1, 0.15) is 16.8 Å². The van der Waals surface area contributed by atoms with Crippen molar-refractivity contribution in [2.45, 2.75) is 19.6 Å². The lowest BCUT2D eigenvalue weighted by molar-refractivity contribution is 0.146. The number of halogens is 2. The van der Waals surface area contributed by atoms with E-state index < -0.39 is 11.6 Å². The molecule has 0 aliphatic carbocycles. The molecule has 0 atom stereocenters. The molecule has 2 aromatic carbocycles. The second kappa shape index (κ2) is 11.4. The Morgan fingerprint density at radius 2 is 1.85 bits per heavy atom. The standard InChI is InChI=1S/C29H27F2N7O3/c1-39-9-10-41-17-11-21(30)20(22(31)12-17)16-38-25-6-4-3-5-18(25)27(37-38)29-35-24-14-33-13-19(24)28(36-29)34-23-7-8-32-15-26(23)40-2/h3-8,11-12,15,33H,9-10,13-14,16H2,1-2H3,(H,32,34,35,36). The molecule has 4 heterocycles. The van der Waals surface area contributed by atoms with Gasteiger partial charge < -0.3 is 24.8 Å². The summed E-state index contributed by atoms with van der Waals surface area (Å²) < 4.78 is 47.4. The van der Waals surface area contributed by atoms with Crippen molar-refractivity contribution in [3.63, 3.8) is 0 Å². The van der Waals surface area contributed by atoms with Crippen molar-refractivity contribution in [1.29, 1.82) is 0 Å². The van der Waals surface area contributed by atoms with E-state index in [1.807, 2.05) is 24.3 Å². The zero-order valence-corrected chi connectivity index (χ0v) is 22.4. The van der Waals surface area contributed by atoms with Crippen molar-refractivity contribution in [2.75, 3.05) is 32.8 Å². The Balaban J connectivity index is 1.39. The molecule has 0 radical (unpaired) electrons. The first-order valence-corrected chi connectivity index (χ1v) is 13.0. The van der Waals surface area contributed by atoms with Gasteiger partial charge in [-0.05, 0) is 12.1 Å². The van der Waals surface area contributed by atoms with Gasteiger partial charge >= 0.3 is 0 Å². The lowest BCUT2D eigenvalue weighted by atomic mass is 10.1. The van der Waals surface area contributed by atoms with Gasteiger partial charge in [-0.25, -0.2) is 18.7 Å². The highest BCUT2D eigenvalue weighted by atomic mass is 19.1. The smallest absolute Gasteiger partial charge is 0.183 e. The van der Waals surface area contributed by atoms with E-state index in [9.17, 15) is 0 Å². The van der Waals surface area contributed by atoms with Gasteiger partial charge in [-0.15, -0.1) is 0 Å². The number of ether oxygens (including phenoxy) is 3. The zero-order chi connectivity index (χ0) is 28.3. The van der Waals surface area contributed by atoms with Crippen LogP contribution in [0.5, 0.6) is 11.5 Å². The highest BCUT2D eigenvalue weighted by Crippen LogP contribution is 2.33. The number of aromatic nitrogens is 5. The Morgan fingerprint density at radius 3 is 2.66 bits per heavy atom. The van der Waals surface area contributed by atoms with Crippen molar-refractivity contribution >= 4 is 22.4 Å². The number of anilines is 2. The molecule has 10 nitrogen and oxygen atoms in total. The minimum atomic E-state index is -0.726. The van der Waals surface area contributed by atoms with E-state index in [0.717, 1.165) is 16.6 Å². The number of methoxy groups -OCH3 is 2. The number of rotatable bonds is 10. The predicted octanol–water partition coefficient (Wildman–Crippen LogP) is 4.60. The van der Waals surface area contributed by atoms with Gasteiger partial charge in [-0.1, -0.05) is 18.2 Å². The molecule has 0 amide bonds. The first-order valence-electron chi connectivity index (χ1n) is 13.0. The Kier molecular flexibility index (Phi) is 7.40. The first-order chi connectivity index (χ1) is 20.1. The SMILES string of the molecule is COCCOc1cc(F)c(Cn2nc(-c3nc4c(c(Nc5ccncc5OC)n3)CNC4)c3ccccc32)c(F)c1. The van der Waals surface area contributed by atoms with Crippen LogP contribution in [0.25, 0.3) is 22.4 Å².